The number of aryl methyl sites for hydroxylation is 1. The fourth-order valence-electron chi connectivity index (χ4n) is 3.69. The zero-order valence-electron chi connectivity index (χ0n) is 14.5. The maximum atomic E-state index is 12.8. The molecule has 2 heterocycles. The van der Waals surface area contributed by atoms with Gasteiger partial charge in [0, 0.05) is 30.9 Å². The number of amides is 1. The summed E-state index contributed by atoms with van der Waals surface area (Å²) in [7, 11) is 0. The lowest BCUT2D eigenvalue weighted by atomic mass is 10.0. The summed E-state index contributed by atoms with van der Waals surface area (Å²) < 4.78 is 0. The van der Waals surface area contributed by atoms with Gasteiger partial charge in [-0.2, -0.15) is 0 Å². The molecule has 2 N–H and O–H groups in total. The molecule has 2 aliphatic heterocycles. The first-order valence-electron chi connectivity index (χ1n) is 8.54. The second-order valence-corrected chi connectivity index (χ2v) is 7.05. The van der Waals surface area contributed by atoms with Crippen molar-refractivity contribution in [2.45, 2.75) is 31.7 Å². The van der Waals surface area contributed by atoms with Crippen LogP contribution >= 0.6 is 12.4 Å². The molecule has 1 aromatic rings. The maximum Gasteiger partial charge on any atom is 0.317 e. The van der Waals surface area contributed by atoms with Crippen LogP contribution in [-0.2, 0) is 16.0 Å². The zero-order chi connectivity index (χ0) is 17.2. The number of hydrogen-bond acceptors (Lipinski definition) is 4. The highest BCUT2D eigenvalue weighted by Crippen LogP contribution is 2.27. The molecule has 3 rings (SSSR count). The average Bonchev–Trinajstić information content (AvgIpc) is 2.94. The predicted octanol–water partition coefficient (Wildman–Crippen LogP) is 1.53. The van der Waals surface area contributed by atoms with Gasteiger partial charge in [0.15, 0.2) is 0 Å². The summed E-state index contributed by atoms with van der Waals surface area (Å²) in [5.74, 6) is -0.722. The third-order valence-electron chi connectivity index (χ3n) is 4.99. The van der Waals surface area contributed by atoms with E-state index in [2.05, 4.69) is 16.3 Å². The molecule has 0 bridgehead atoms. The molecule has 25 heavy (non-hydrogen) atoms. The Morgan fingerprint density at radius 3 is 2.80 bits per heavy atom. The number of nitrogens with one attached hydrogen (secondary N) is 1. The number of carboxylic acids is 1. The molecule has 7 heteroatoms. The van der Waals surface area contributed by atoms with Gasteiger partial charge in [-0.25, -0.2) is 0 Å². The Kier molecular flexibility index (Phi) is 6.43. The molecule has 138 valence electrons. The van der Waals surface area contributed by atoms with Gasteiger partial charge < -0.3 is 15.3 Å². The maximum absolute atomic E-state index is 12.8. The number of para-hydroxylation sites is 1. The Hall–Kier alpha value is -1.63. The van der Waals surface area contributed by atoms with Crippen molar-refractivity contribution < 1.29 is 14.7 Å². The van der Waals surface area contributed by atoms with Crippen LogP contribution in [0.4, 0.5) is 5.69 Å². The summed E-state index contributed by atoms with van der Waals surface area (Å²) in [6.07, 6.45) is 2.88. The molecule has 0 spiro atoms. The molecule has 2 aliphatic rings. The predicted molar refractivity (Wildman–Crippen MR) is 99.5 cm³/mol. The van der Waals surface area contributed by atoms with Crippen LogP contribution in [0.15, 0.2) is 24.3 Å². The standard InChI is InChI=1S/C18H25N3O3.ClH/c1-18(19-11-17(23)24)8-10-20(13-18)12-16(22)21-9-4-6-14-5-2-3-7-15(14)21;/h2-3,5,7,19H,4,6,8-13H2,1H3,(H,23,24);1H. The summed E-state index contributed by atoms with van der Waals surface area (Å²) in [5.41, 5.74) is 2.05. The normalized spacial score (nSPS) is 23.0. The smallest absolute Gasteiger partial charge is 0.317 e. The largest absolute Gasteiger partial charge is 0.480 e. The molecular formula is C18H26ClN3O3. The van der Waals surface area contributed by atoms with Gasteiger partial charge in [-0.15, -0.1) is 12.4 Å². The van der Waals surface area contributed by atoms with Gasteiger partial charge in [0.2, 0.25) is 5.91 Å². The van der Waals surface area contributed by atoms with E-state index in [0.29, 0.717) is 13.1 Å². The molecule has 0 radical (unpaired) electrons. The van der Waals surface area contributed by atoms with Gasteiger partial charge in [0.1, 0.15) is 0 Å². The zero-order valence-corrected chi connectivity index (χ0v) is 15.3. The fraction of sp³-hybridized carbons (Fsp3) is 0.556. The highest BCUT2D eigenvalue weighted by molar-refractivity contribution is 5.96. The molecule has 1 aromatic carbocycles. The van der Waals surface area contributed by atoms with E-state index in [1.807, 2.05) is 30.0 Å². The van der Waals surface area contributed by atoms with Crippen LogP contribution in [-0.4, -0.2) is 60.1 Å². The number of carbonyl (C=O) groups is 2. The third-order valence-corrected chi connectivity index (χ3v) is 4.99. The highest BCUT2D eigenvalue weighted by atomic mass is 35.5. The Bertz CT molecular complexity index is 640. The van der Waals surface area contributed by atoms with E-state index in [-0.39, 0.29) is 30.4 Å². The number of carbonyl (C=O) groups excluding carboxylic acids is 1. The van der Waals surface area contributed by atoms with Crippen molar-refractivity contribution in [2.75, 3.05) is 37.6 Å². The molecule has 0 saturated carbocycles. The summed E-state index contributed by atoms with van der Waals surface area (Å²) in [5, 5.41) is 11.9. The number of hydrogen-bond donors (Lipinski definition) is 2. The van der Waals surface area contributed by atoms with Crippen molar-refractivity contribution in [1.29, 1.82) is 0 Å². The van der Waals surface area contributed by atoms with E-state index in [1.165, 1.54) is 5.56 Å². The fourth-order valence-corrected chi connectivity index (χ4v) is 3.69. The minimum Gasteiger partial charge on any atom is -0.480 e. The Morgan fingerprint density at radius 1 is 1.28 bits per heavy atom. The van der Waals surface area contributed by atoms with Gasteiger partial charge in [0.05, 0.1) is 13.1 Å². The number of benzene rings is 1. The quantitative estimate of drug-likeness (QED) is 0.825. The highest BCUT2D eigenvalue weighted by Gasteiger charge is 2.35. The summed E-state index contributed by atoms with van der Waals surface area (Å²) in [6, 6.07) is 8.12. The SMILES string of the molecule is CC1(NCC(=O)O)CCN(CC(=O)N2CCCc3ccccc32)C1.Cl. The van der Waals surface area contributed by atoms with Crippen LogP contribution in [0.25, 0.3) is 0 Å². The summed E-state index contributed by atoms with van der Waals surface area (Å²) >= 11 is 0. The number of likely N-dealkylation sites (tertiary alicyclic amines) is 1. The molecule has 0 aromatic heterocycles. The monoisotopic (exact) mass is 367 g/mol. The van der Waals surface area contributed by atoms with Crippen molar-refractivity contribution in [2.24, 2.45) is 0 Å². The van der Waals surface area contributed by atoms with E-state index in [0.717, 1.165) is 38.0 Å². The second kappa shape index (κ2) is 8.17. The lowest BCUT2D eigenvalue weighted by Crippen LogP contribution is -2.48. The Morgan fingerprint density at radius 2 is 2.04 bits per heavy atom. The minimum absolute atomic E-state index is 0. The lowest BCUT2D eigenvalue weighted by molar-refractivity contribution is -0.136. The van der Waals surface area contributed by atoms with Crippen molar-refractivity contribution >= 4 is 30.0 Å². The van der Waals surface area contributed by atoms with Gasteiger partial charge >= 0.3 is 5.97 Å². The number of carboxylic acid groups (broad SMARTS) is 1. The Labute approximate surface area is 154 Å². The topological polar surface area (TPSA) is 72.9 Å². The first kappa shape index (κ1) is 19.7. The van der Waals surface area contributed by atoms with Crippen LogP contribution in [0.5, 0.6) is 0 Å². The molecule has 0 aliphatic carbocycles. The van der Waals surface area contributed by atoms with E-state index in [9.17, 15) is 9.59 Å². The number of nitrogens with zero attached hydrogens (tertiary/aromatic N) is 2. The number of aliphatic carboxylic acids is 1. The first-order chi connectivity index (χ1) is 11.5. The van der Waals surface area contributed by atoms with Crippen molar-refractivity contribution in [1.82, 2.24) is 10.2 Å². The van der Waals surface area contributed by atoms with E-state index < -0.39 is 5.97 Å². The van der Waals surface area contributed by atoms with Crippen LogP contribution in [0.1, 0.15) is 25.3 Å². The molecule has 1 amide bonds. The van der Waals surface area contributed by atoms with Crippen molar-refractivity contribution in [3.8, 4) is 0 Å². The first-order valence-corrected chi connectivity index (χ1v) is 8.54. The Balaban J connectivity index is 0.00000225. The van der Waals surface area contributed by atoms with E-state index in [1.54, 1.807) is 0 Å². The number of fused-ring (bicyclic) bond motifs is 1. The lowest BCUT2D eigenvalue weighted by Gasteiger charge is -2.31. The number of anilines is 1. The van der Waals surface area contributed by atoms with Gasteiger partial charge in [-0.1, -0.05) is 18.2 Å². The summed E-state index contributed by atoms with van der Waals surface area (Å²) in [4.78, 5) is 27.5. The molecule has 1 fully saturated rings. The third kappa shape index (κ3) is 4.71. The molecule has 6 nitrogen and oxygen atoms in total. The van der Waals surface area contributed by atoms with Gasteiger partial charge in [0.25, 0.3) is 0 Å². The van der Waals surface area contributed by atoms with Crippen molar-refractivity contribution in [3.05, 3.63) is 29.8 Å². The molecule has 1 saturated heterocycles. The van der Waals surface area contributed by atoms with Gasteiger partial charge in [-0.05, 0) is 37.8 Å². The number of halogens is 1. The second-order valence-electron chi connectivity index (χ2n) is 7.05. The average molecular weight is 368 g/mol. The minimum atomic E-state index is -0.851. The molecule has 1 unspecified atom stereocenters. The number of rotatable bonds is 5. The summed E-state index contributed by atoms with van der Waals surface area (Å²) in [6.45, 7) is 4.65. The van der Waals surface area contributed by atoms with Crippen LogP contribution < -0.4 is 10.2 Å². The molecule has 1 atom stereocenters. The molecular weight excluding hydrogens is 342 g/mol. The van der Waals surface area contributed by atoms with Crippen LogP contribution in [0.3, 0.4) is 0 Å². The van der Waals surface area contributed by atoms with E-state index >= 15 is 0 Å². The van der Waals surface area contributed by atoms with Gasteiger partial charge in [-0.3, -0.25) is 14.5 Å². The van der Waals surface area contributed by atoms with E-state index in [4.69, 9.17) is 5.11 Å². The van der Waals surface area contributed by atoms with Crippen LogP contribution in [0, 0.1) is 0 Å². The van der Waals surface area contributed by atoms with Crippen LogP contribution in [0.2, 0.25) is 0 Å². The van der Waals surface area contributed by atoms with Crippen molar-refractivity contribution in [3.63, 3.8) is 0 Å².